The van der Waals surface area contributed by atoms with Gasteiger partial charge in [-0.25, -0.2) is 9.66 Å². The standard InChI is InChI=1S/C24H24N4O4/c1-3-9-19-25-17-12-7-5-10-15(17)23(31)28(19)26-22(30)20-21(29)16-11-6-8-13-18(16)27(14-4-2)24(20)32/h5-8,10-13,29H,3-4,9,14H2,1-2H3,(H,26,30). The lowest BCUT2D eigenvalue weighted by Gasteiger charge is -2.17. The third-order valence-corrected chi connectivity index (χ3v) is 5.35. The van der Waals surface area contributed by atoms with Gasteiger partial charge in [0.25, 0.3) is 17.0 Å². The van der Waals surface area contributed by atoms with Gasteiger partial charge in [-0.15, -0.1) is 0 Å². The first-order valence-corrected chi connectivity index (χ1v) is 10.6. The number of aromatic hydroxyl groups is 1. The van der Waals surface area contributed by atoms with Crippen LogP contribution in [0.2, 0.25) is 0 Å². The summed E-state index contributed by atoms with van der Waals surface area (Å²) in [7, 11) is 0. The lowest BCUT2D eigenvalue weighted by Crippen LogP contribution is -2.39. The first-order chi connectivity index (χ1) is 15.5. The number of para-hydroxylation sites is 2. The van der Waals surface area contributed by atoms with Crippen LogP contribution < -0.4 is 16.5 Å². The van der Waals surface area contributed by atoms with Crippen LogP contribution in [0.5, 0.6) is 5.75 Å². The van der Waals surface area contributed by atoms with Crippen molar-refractivity contribution in [3.05, 3.63) is 80.6 Å². The summed E-state index contributed by atoms with van der Waals surface area (Å²) in [6, 6.07) is 13.7. The van der Waals surface area contributed by atoms with Crippen LogP contribution in [-0.2, 0) is 13.0 Å². The number of hydrogen-bond donors (Lipinski definition) is 2. The molecule has 0 fully saturated rings. The first-order valence-electron chi connectivity index (χ1n) is 10.6. The monoisotopic (exact) mass is 432 g/mol. The lowest BCUT2D eigenvalue weighted by molar-refractivity contribution is 0.100. The number of pyridine rings is 1. The molecule has 0 aliphatic rings. The van der Waals surface area contributed by atoms with Crippen molar-refractivity contribution in [3.8, 4) is 5.75 Å². The fourth-order valence-electron chi connectivity index (χ4n) is 3.88. The molecule has 0 aliphatic heterocycles. The number of nitrogens with one attached hydrogen (secondary N) is 1. The minimum absolute atomic E-state index is 0.346. The van der Waals surface area contributed by atoms with Gasteiger partial charge in [-0.1, -0.05) is 38.1 Å². The van der Waals surface area contributed by atoms with Crippen molar-refractivity contribution in [2.45, 2.75) is 39.7 Å². The summed E-state index contributed by atoms with van der Waals surface area (Å²) >= 11 is 0. The van der Waals surface area contributed by atoms with Gasteiger partial charge in [-0.2, -0.15) is 0 Å². The fraction of sp³-hybridized carbons (Fsp3) is 0.250. The van der Waals surface area contributed by atoms with Crippen LogP contribution in [0.1, 0.15) is 42.9 Å². The molecule has 8 heteroatoms. The Labute approximate surface area is 183 Å². The Balaban J connectivity index is 1.89. The minimum atomic E-state index is -0.861. The maximum absolute atomic E-state index is 13.2. The van der Waals surface area contributed by atoms with Crippen LogP contribution in [0.15, 0.2) is 58.1 Å². The highest BCUT2D eigenvalue weighted by Crippen LogP contribution is 2.26. The van der Waals surface area contributed by atoms with Crippen molar-refractivity contribution in [1.29, 1.82) is 0 Å². The van der Waals surface area contributed by atoms with E-state index in [1.807, 2.05) is 13.8 Å². The molecule has 164 valence electrons. The Kier molecular flexibility index (Phi) is 5.77. The summed E-state index contributed by atoms with van der Waals surface area (Å²) in [5, 5.41) is 11.5. The molecule has 0 saturated heterocycles. The number of aryl methyl sites for hydroxylation is 2. The summed E-state index contributed by atoms with van der Waals surface area (Å²) in [5.41, 5.74) is 2.14. The van der Waals surface area contributed by atoms with Crippen LogP contribution >= 0.6 is 0 Å². The molecule has 1 amide bonds. The average Bonchev–Trinajstić information content (AvgIpc) is 2.79. The zero-order valence-corrected chi connectivity index (χ0v) is 18.0. The molecule has 4 rings (SSSR count). The number of hydrogen-bond acceptors (Lipinski definition) is 5. The summed E-state index contributed by atoms with van der Waals surface area (Å²) in [6.45, 7) is 4.25. The van der Waals surface area contributed by atoms with Gasteiger partial charge >= 0.3 is 0 Å². The molecule has 0 spiro atoms. The Hall–Kier alpha value is -3.94. The highest BCUT2D eigenvalue weighted by atomic mass is 16.3. The van der Waals surface area contributed by atoms with E-state index < -0.39 is 28.3 Å². The van der Waals surface area contributed by atoms with Crippen molar-refractivity contribution < 1.29 is 9.90 Å². The zero-order chi connectivity index (χ0) is 22.8. The minimum Gasteiger partial charge on any atom is -0.506 e. The van der Waals surface area contributed by atoms with Gasteiger partial charge in [-0.3, -0.25) is 19.8 Å². The lowest BCUT2D eigenvalue weighted by atomic mass is 10.1. The molecule has 2 N–H and O–H groups in total. The number of benzene rings is 2. The normalized spacial score (nSPS) is 11.2. The molecule has 0 bridgehead atoms. The van der Waals surface area contributed by atoms with E-state index in [1.165, 1.54) is 4.57 Å². The summed E-state index contributed by atoms with van der Waals surface area (Å²) < 4.78 is 2.55. The highest BCUT2D eigenvalue weighted by molar-refractivity contribution is 6.06. The number of carbonyl (C=O) groups excluding carboxylic acids is 1. The maximum Gasteiger partial charge on any atom is 0.280 e. The van der Waals surface area contributed by atoms with Gasteiger partial charge in [-0.05, 0) is 37.1 Å². The highest BCUT2D eigenvalue weighted by Gasteiger charge is 2.23. The van der Waals surface area contributed by atoms with Gasteiger partial charge in [0.05, 0.1) is 16.4 Å². The average molecular weight is 432 g/mol. The number of carbonyl (C=O) groups is 1. The number of amides is 1. The van der Waals surface area contributed by atoms with Crippen LogP contribution in [0.4, 0.5) is 0 Å². The molecule has 32 heavy (non-hydrogen) atoms. The molecule has 0 saturated carbocycles. The van der Waals surface area contributed by atoms with E-state index in [9.17, 15) is 19.5 Å². The molecule has 4 aromatic rings. The molecule has 0 radical (unpaired) electrons. The molecular weight excluding hydrogens is 408 g/mol. The summed E-state index contributed by atoms with van der Waals surface area (Å²) in [4.78, 5) is 44.0. The predicted octanol–water partition coefficient (Wildman–Crippen LogP) is 3.16. The summed E-state index contributed by atoms with van der Waals surface area (Å²) in [5.74, 6) is -0.896. The van der Waals surface area contributed by atoms with Crippen molar-refractivity contribution in [2.24, 2.45) is 0 Å². The summed E-state index contributed by atoms with van der Waals surface area (Å²) in [6.07, 6.45) is 1.82. The third-order valence-electron chi connectivity index (χ3n) is 5.35. The second kappa shape index (κ2) is 8.66. The topological polar surface area (TPSA) is 106 Å². The van der Waals surface area contributed by atoms with Crippen LogP contribution in [0.25, 0.3) is 21.8 Å². The number of rotatable bonds is 6. The van der Waals surface area contributed by atoms with E-state index in [-0.39, 0.29) is 0 Å². The van der Waals surface area contributed by atoms with E-state index in [4.69, 9.17) is 0 Å². The quantitative estimate of drug-likeness (QED) is 0.487. The van der Waals surface area contributed by atoms with Crippen molar-refractivity contribution >= 4 is 27.7 Å². The van der Waals surface area contributed by atoms with E-state index in [0.717, 1.165) is 4.68 Å². The Morgan fingerprint density at radius 2 is 1.66 bits per heavy atom. The van der Waals surface area contributed by atoms with Crippen molar-refractivity contribution in [2.75, 3.05) is 5.43 Å². The van der Waals surface area contributed by atoms with Crippen LogP contribution in [0, 0.1) is 0 Å². The maximum atomic E-state index is 13.2. The Bertz CT molecular complexity index is 1450. The van der Waals surface area contributed by atoms with Crippen LogP contribution in [-0.4, -0.2) is 25.2 Å². The zero-order valence-electron chi connectivity index (χ0n) is 18.0. The molecule has 0 atom stereocenters. The smallest absolute Gasteiger partial charge is 0.280 e. The van der Waals surface area contributed by atoms with Gasteiger partial charge in [0.2, 0.25) is 0 Å². The molecule has 0 unspecified atom stereocenters. The Morgan fingerprint density at radius 1 is 0.969 bits per heavy atom. The molecular formula is C24H24N4O4. The molecule has 0 aliphatic carbocycles. The third kappa shape index (κ3) is 3.53. The van der Waals surface area contributed by atoms with Gasteiger partial charge in [0.1, 0.15) is 17.1 Å². The first kappa shape index (κ1) is 21.3. The SMILES string of the molecule is CCCc1nc2ccccc2c(=O)n1NC(=O)c1c(O)c2ccccc2n(CCC)c1=O. The van der Waals surface area contributed by atoms with Gasteiger partial charge < -0.3 is 9.67 Å². The number of aromatic nitrogens is 3. The van der Waals surface area contributed by atoms with E-state index in [1.54, 1.807) is 48.5 Å². The predicted molar refractivity (Wildman–Crippen MR) is 124 cm³/mol. The van der Waals surface area contributed by atoms with E-state index in [0.29, 0.717) is 53.4 Å². The van der Waals surface area contributed by atoms with Crippen molar-refractivity contribution in [1.82, 2.24) is 14.2 Å². The largest absolute Gasteiger partial charge is 0.506 e. The van der Waals surface area contributed by atoms with Gasteiger partial charge in [0, 0.05) is 18.4 Å². The number of fused-ring (bicyclic) bond motifs is 2. The van der Waals surface area contributed by atoms with Crippen LogP contribution in [0.3, 0.4) is 0 Å². The molecule has 8 nitrogen and oxygen atoms in total. The molecule has 2 aromatic heterocycles. The Morgan fingerprint density at radius 3 is 2.38 bits per heavy atom. The van der Waals surface area contributed by atoms with Gasteiger partial charge in [0.15, 0.2) is 0 Å². The second-order valence-corrected chi connectivity index (χ2v) is 7.57. The van der Waals surface area contributed by atoms with E-state index >= 15 is 0 Å². The fourth-order valence-corrected chi connectivity index (χ4v) is 3.88. The molecule has 2 heterocycles. The second-order valence-electron chi connectivity index (χ2n) is 7.57. The van der Waals surface area contributed by atoms with Crippen molar-refractivity contribution in [3.63, 3.8) is 0 Å². The number of nitrogens with zero attached hydrogens (tertiary/aromatic N) is 3. The molecule has 2 aromatic carbocycles. The van der Waals surface area contributed by atoms with E-state index in [2.05, 4.69) is 10.4 Å².